The first-order valence-electron chi connectivity index (χ1n) is 11.1. The Labute approximate surface area is 205 Å². The zero-order valence-corrected chi connectivity index (χ0v) is 19.5. The third kappa shape index (κ3) is 4.73. The van der Waals surface area contributed by atoms with Crippen molar-refractivity contribution in [1.82, 2.24) is 14.5 Å². The molecule has 0 spiro atoms. The molecule has 0 N–H and O–H groups in total. The molecule has 1 aromatic heterocycles. The molecule has 0 fully saturated rings. The summed E-state index contributed by atoms with van der Waals surface area (Å²) in [6, 6.07) is 11.7. The first kappa shape index (κ1) is 24.7. The number of imidazole rings is 1. The van der Waals surface area contributed by atoms with Crippen molar-refractivity contribution in [2.75, 3.05) is 11.4 Å². The van der Waals surface area contributed by atoms with Crippen molar-refractivity contribution in [3.8, 4) is 6.07 Å². The van der Waals surface area contributed by atoms with Gasteiger partial charge in [0.05, 0.1) is 35.3 Å². The van der Waals surface area contributed by atoms with E-state index in [1.165, 1.54) is 24.0 Å². The quantitative estimate of drug-likeness (QED) is 0.465. The minimum Gasteiger partial charge on any atom is -0.336 e. The molecule has 4 rings (SSSR count). The van der Waals surface area contributed by atoms with Crippen LogP contribution in [0, 0.1) is 11.3 Å². The molecule has 1 aliphatic rings. The van der Waals surface area contributed by atoms with Gasteiger partial charge in [-0.05, 0) is 49.7 Å². The molecule has 0 saturated carbocycles. The van der Waals surface area contributed by atoms with Gasteiger partial charge in [-0.3, -0.25) is 9.69 Å². The monoisotopic (exact) mass is 493 g/mol. The molecule has 0 bridgehead atoms. The van der Waals surface area contributed by atoms with Gasteiger partial charge in [-0.15, -0.1) is 0 Å². The average Bonchev–Trinajstić information content (AvgIpc) is 3.36. The van der Waals surface area contributed by atoms with Crippen LogP contribution < -0.4 is 4.90 Å². The van der Waals surface area contributed by atoms with Gasteiger partial charge in [0, 0.05) is 36.8 Å². The predicted octanol–water partition coefficient (Wildman–Crippen LogP) is 5.32. The van der Waals surface area contributed by atoms with Crippen LogP contribution in [0.4, 0.5) is 23.7 Å². The Hall–Kier alpha value is -4.39. The lowest BCUT2D eigenvalue weighted by Gasteiger charge is -2.43. The number of ketones is 1. The maximum atomic E-state index is 13.9. The topological polar surface area (TPSA) is 82.2 Å². The summed E-state index contributed by atoms with van der Waals surface area (Å²) in [4.78, 5) is 33.4. The largest absolute Gasteiger partial charge is 0.416 e. The van der Waals surface area contributed by atoms with Crippen LogP contribution in [0.2, 0.25) is 0 Å². The van der Waals surface area contributed by atoms with Gasteiger partial charge in [0.15, 0.2) is 5.78 Å². The van der Waals surface area contributed by atoms with Gasteiger partial charge in [-0.1, -0.05) is 18.2 Å². The van der Waals surface area contributed by atoms with Crippen LogP contribution in [0.15, 0.2) is 78.5 Å². The van der Waals surface area contributed by atoms with Crippen LogP contribution in [-0.2, 0) is 17.5 Å². The van der Waals surface area contributed by atoms with Gasteiger partial charge in [-0.25, -0.2) is 9.78 Å². The number of benzene rings is 2. The number of nitriles is 1. The number of halogens is 3. The van der Waals surface area contributed by atoms with Gasteiger partial charge < -0.3 is 9.47 Å². The maximum Gasteiger partial charge on any atom is 0.416 e. The standard InChI is InChI=1S/C26H22F3N5O2/c1-17-23(18(2)35)24(20-8-6-19(15-30)7-9-20)33(13-12-32-11-10-31-16-32)25(36)34(17)22-5-3-4-21(14-22)26(27,28)29/h3-11,14,16,24H,12-13H2,1-2H3. The summed E-state index contributed by atoms with van der Waals surface area (Å²) >= 11 is 0. The number of nitrogens with zero attached hydrogens (tertiary/aromatic N) is 5. The van der Waals surface area contributed by atoms with Crippen LogP contribution in [0.3, 0.4) is 0 Å². The van der Waals surface area contributed by atoms with Crippen molar-refractivity contribution in [3.63, 3.8) is 0 Å². The molecule has 0 radical (unpaired) electrons. The van der Waals surface area contributed by atoms with E-state index in [1.807, 2.05) is 6.07 Å². The number of anilines is 1. The van der Waals surface area contributed by atoms with E-state index in [0.717, 1.165) is 17.0 Å². The number of Topliss-reactive ketones (excluding diaryl/α,β-unsaturated/α-hetero) is 1. The molecular formula is C26H22F3N5O2. The molecule has 2 aromatic carbocycles. The fourth-order valence-electron chi connectivity index (χ4n) is 4.38. The van der Waals surface area contributed by atoms with Crippen molar-refractivity contribution < 1.29 is 22.8 Å². The molecule has 184 valence electrons. The first-order valence-corrected chi connectivity index (χ1v) is 11.1. The van der Waals surface area contributed by atoms with Crippen molar-refractivity contribution >= 4 is 17.5 Å². The molecule has 0 aliphatic carbocycles. The average molecular weight is 493 g/mol. The number of hydrogen-bond acceptors (Lipinski definition) is 4. The zero-order chi connectivity index (χ0) is 26.0. The minimum absolute atomic E-state index is 0.0111. The molecule has 10 heteroatoms. The van der Waals surface area contributed by atoms with Gasteiger partial charge in [0.1, 0.15) is 0 Å². The second-order valence-electron chi connectivity index (χ2n) is 8.35. The number of hydrogen-bond donors (Lipinski definition) is 0. The third-order valence-corrected chi connectivity index (χ3v) is 6.07. The fraction of sp³-hybridized carbons (Fsp3) is 0.231. The van der Waals surface area contributed by atoms with E-state index < -0.39 is 23.8 Å². The van der Waals surface area contributed by atoms with Crippen molar-refractivity contribution in [2.24, 2.45) is 0 Å². The molecule has 2 amide bonds. The Balaban J connectivity index is 1.87. The van der Waals surface area contributed by atoms with Crippen LogP contribution >= 0.6 is 0 Å². The number of carbonyl (C=O) groups excluding carboxylic acids is 2. The summed E-state index contributed by atoms with van der Waals surface area (Å²) < 4.78 is 42.0. The highest BCUT2D eigenvalue weighted by atomic mass is 19.4. The summed E-state index contributed by atoms with van der Waals surface area (Å²) in [6.07, 6.45) is 0.309. The summed E-state index contributed by atoms with van der Waals surface area (Å²) in [7, 11) is 0. The summed E-state index contributed by atoms with van der Waals surface area (Å²) in [5.41, 5.74) is 0.672. The van der Waals surface area contributed by atoms with E-state index in [0.29, 0.717) is 17.7 Å². The Bertz CT molecular complexity index is 1360. The molecule has 3 aromatic rings. The normalized spacial score (nSPS) is 16.3. The molecule has 1 unspecified atom stereocenters. The van der Waals surface area contributed by atoms with Crippen LogP contribution in [0.5, 0.6) is 0 Å². The highest BCUT2D eigenvalue weighted by Crippen LogP contribution is 2.41. The highest BCUT2D eigenvalue weighted by Gasteiger charge is 2.41. The van der Waals surface area contributed by atoms with E-state index in [9.17, 15) is 28.0 Å². The van der Waals surface area contributed by atoms with E-state index in [2.05, 4.69) is 4.98 Å². The predicted molar refractivity (Wildman–Crippen MR) is 126 cm³/mol. The van der Waals surface area contributed by atoms with E-state index in [1.54, 1.807) is 54.5 Å². The number of amides is 2. The van der Waals surface area contributed by atoms with Gasteiger partial charge >= 0.3 is 12.2 Å². The van der Waals surface area contributed by atoms with Crippen LogP contribution in [-0.4, -0.2) is 32.8 Å². The summed E-state index contributed by atoms with van der Waals surface area (Å²) in [5, 5.41) is 9.17. The summed E-state index contributed by atoms with van der Waals surface area (Å²) in [6.45, 7) is 3.42. The lowest BCUT2D eigenvalue weighted by molar-refractivity contribution is -0.137. The van der Waals surface area contributed by atoms with Gasteiger partial charge in [0.25, 0.3) is 0 Å². The fourth-order valence-corrected chi connectivity index (χ4v) is 4.38. The van der Waals surface area contributed by atoms with Crippen molar-refractivity contribution in [3.05, 3.63) is 95.2 Å². The number of rotatable bonds is 6. The molecule has 1 aliphatic heterocycles. The number of aromatic nitrogens is 2. The molecule has 7 nitrogen and oxygen atoms in total. The lowest BCUT2D eigenvalue weighted by atomic mass is 9.90. The van der Waals surface area contributed by atoms with E-state index in [4.69, 9.17) is 0 Å². The SMILES string of the molecule is CC(=O)C1=C(C)N(c2cccc(C(F)(F)F)c2)C(=O)N(CCn2ccnc2)C1c1ccc(C#N)cc1. The third-order valence-electron chi connectivity index (χ3n) is 6.07. The smallest absolute Gasteiger partial charge is 0.336 e. The zero-order valence-electron chi connectivity index (χ0n) is 19.5. The molecular weight excluding hydrogens is 471 g/mol. The Kier molecular flexibility index (Phi) is 6.66. The van der Waals surface area contributed by atoms with Gasteiger partial charge in [0.2, 0.25) is 0 Å². The first-order chi connectivity index (χ1) is 17.1. The van der Waals surface area contributed by atoms with Crippen molar-refractivity contribution in [2.45, 2.75) is 32.6 Å². The highest BCUT2D eigenvalue weighted by molar-refractivity contribution is 6.04. The molecule has 0 saturated heterocycles. The molecule has 2 heterocycles. The number of allylic oxidation sites excluding steroid dienone is 1. The Morgan fingerprint density at radius 3 is 2.44 bits per heavy atom. The second kappa shape index (κ2) is 9.70. The van der Waals surface area contributed by atoms with Gasteiger partial charge in [-0.2, -0.15) is 18.4 Å². The van der Waals surface area contributed by atoms with E-state index >= 15 is 0 Å². The van der Waals surface area contributed by atoms with Crippen molar-refractivity contribution in [1.29, 1.82) is 5.26 Å². The number of carbonyl (C=O) groups is 2. The molecule has 36 heavy (non-hydrogen) atoms. The number of urea groups is 1. The second-order valence-corrected chi connectivity index (χ2v) is 8.35. The van der Waals surface area contributed by atoms with Crippen LogP contribution in [0.25, 0.3) is 0 Å². The Morgan fingerprint density at radius 2 is 1.86 bits per heavy atom. The number of alkyl halides is 3. The lowest BCUT2D eigenvalue weighted by Crippen LogP contribution is -2.51. The van der Waals surface area contributed by atoms with Crippen LogP contribution in [0.1, 0.15) is 36.6 Å². The summed E-state index contributed by atoms with van der Waals surface area (Å²) in [5.74, 6) is -0.320. The minimum atomic E-state index is -4.60. The molecule has 1 atom stereocenters. The maximum absolute atomic E-state index is 13.9. The Morgan fingerprint density at radius 1 is 1.14 bits per heavy atom. The van der Waals surface area contributed by atoms with E-state index in [-0.39, 0.29) is 29.3 Å².